The molecule has 1 saturated carbocycles. The average molecular weight is 261 g/mol. The molecule has 1 aromatic rings. The number of nitrogens with zero attached hydrogens (tertiary/aromatic N) is 2. The molecule has 104 valence electrons. The Morgan fingerprint density at radius 2 is 2.26 bits per heavy atom. The molecule has 1 aliphatic carbocycles. The van der Waals surface area contributed by atoms with Crippen molar-refractivity contribution in [3.63, 3.8) is 0 Å². The molecule has 0 saturated heterocycles. The maximum atomic E-state index is 12.0. The van der Waals surface area contributed by atoms with Crippen LogP contribution in [0.15, 0.2) is 24.4 Å². The van der Waals surface area contributed by atoms with Gasteiger partial charge in [-0.1, -0.05) is 6.07 Å². The van der Waals surface area contributed by atoms with Gasteiger partial charge in [-0.3, -0.25) is 9.78 Å². The molecule has 1 aliphatic rings. The maximum Gasteiger partial charge on any atom is 0.222 e. The Labute approximate surface area is 115 Å². The molecule has 4 heteroatoms. The lowest BCUT2D eigenvalue weighted by Gasteiger charge is -2.22. The van der Waals surface area contributed by atoms with Crippen LogP contribution in [-0.2, 0) is 11.2 Å². The second-order valence-electron chi connectivity index (χ2n) is 5.63. The van der Waals surface area contributed by atoms with Crippen molar-refractivity contribution < 1.29 is 4.79 Å². The van der Waals surface area contributed by atoms with Gasteiger partial charge in [0.2, 0.25) is 5.91 Å². The lowest BCUT2D eigenvalue weighted by molar-refractivity contribution is -0.130. The van der Waals surface area contributed by atoms with Gasteiger partial charge in [0.1, 0.15) is 0 Å². The molecule has 0 radical (unpaired) electrons. The number of carbonyl (C=O) groups is 1. The van der Waals surface area contributed by atoms with Gasteiger partial charge in [0.25, 0.3) is 0 Å². The number of nitrogens with two attached hydrogens (primary N) is 1. The van der Waals surface area contributed by atoms with Gasteiger partial charge in [0.05, 0.1) is 0 Å². The Morgan fingerprint density at radius 3 is 2.84 bits per heavy atom. The van der Waals surface area contributed by atoms with Crippen LogP contribution in [0.5, 0.6) is 0 Å². The van der Waals surface area contributed by atoms with E-state index in [1.165, 1.54) is 0 Å². The van der Waals surface area contributed by atoms with E-state index in [0.29, 0.717) is 13.0 Å². The smallest absolute Gasteiger partial charge is 0.222 e. The van der Waals surface area contributed by atoms with E-state index in [0.717, 1.165) is 37.9 Å². The van der Waals surface area contributed by atoms with Crippen LogP contribution in [0.3, 0.4) is 0 Å². The number of pyridine rings is 1. The first-order chi connectivity index (χ1) is 9.15. The van der Waals surface area contributed by atoms with Crippen molar-refractivity contribution in [3.05, 3.63) is 30.1 Å². The van der Waals surface area contributed by atoms with Gasteiger partial charge in [0, 0.05) is 37.3 Å². The minimum Gasteiger partial charge on any atom is -0.345 e. The molecule has 0 aliphatic heterocycles. The van der Waals surface area contributed by atoms with Gasteiger partial charge >= 0.3 is 0 Å². The van der Waals surface area contributed by atoms with E-state index in [2.05, 4.69) is 4.98 Å². The topological polar surface area (TPSA) is 59.2 Å². The minimum atomic E-state index is 0.218. The van der Waals surface area contributed by atoms with Crippen molar-refractivity contribution >= 4 is 5.91 Å². The molecule has 4 nitrogen and oxygen atoms in total. The van der Waals surface area contributed by atoms with Crippen LogP contribution in [0.4, 0.5) is 0 Å². The molecular formula is C15H23N3O. The quantitative estimate of drug-likeness (QED) is 0.811. The van der Waals surface area contributed by atoms with E-state index in [-0.39, 0.29) is 11.3 Å². The molecule has 19 heavy (non-hydrogen) atoms. The number of aromatic nitrogens is 1. The fourth-order valence-electron chi connectivity index (χ4n) is 2.35. The summed E-state index contributed by atoms with van der Waals surface area (Å²) in [4.78, 5) is 18.1. The van der Waals surface area contributed by atoms with Crippen LogP contribution in [-0.4, -0.2) is 35.9 Å². The molecule has 1 heterocycles. The minimum absolute atomic E-state index is 0.218. The summed E-state index contributed by atoms with van der Waals surface area (Å²) in [5.41, 5.74) is 7.03. The normalized spacial score (nSPS) is 16.1. The first-order valence-electron chi connectivity index (χ1n) is 6.99. The lowest BCUT2D eigenvalue weighted by atomic mass is 10.1. The summed E-state index contributed by atoms with van der Waals surface area (Å²) >= 11 is 0. The van der Waals surface area contributed by atoms with Gasteiger partial charge in [-0.05, 0) is 44.4 Å². The Morgan fingerprint density at radius 1 is 1.47 bits per heavy atom. The summed E-state index contributed by atoms with van der Waals surface area (Å²) in [5, 5.41) is 0. The molecule has 0 atom stereocenters. The Kier molecular flexibility index (Phi) is 4.53. The number of hydrogen-bond acceptors (Lipinski definition) is 3. The van der Waals surface area contributed by atoms with Crippen LogP contribution in [0.1, 0.15) is 31.4 Å². The first-order valence-corrected chi connectivity index (χ1v) is 6.99. The van der Waals surface area contributed by atoms with E-state index in [1.54, 1.807) is 6.20 Å². The maximum absolute atomic E-state index is 12.0. The second-order valence-corrected chi connectivity index (χ2v) is 5.63. The summed E-state index contributed by atoms with van der Waals surface area (Å²) in [6, 6.07) is 5.89. The highest BCUT2D eigenvalue weighted by molar-refractivity contribution is 5.75. The fourth-order valence-corrected chi connectivity index (χ4v) is 2.35. The van der Waals surface area contributed by atoms with Crippen molar-refractivity contribution in [2.24, 2.45) is 11.1 Å². The predicted molar refractivity (Wildman–Crippen MR) is 75.5 cm³/mol. The molecule has 0 spiro atoms. The zero-order valence-corrected chi connectivity index (χ0v) is 11.6. The van der Waals surface area contributed by atoms with Crippen LogP contribution in [0.25, 0.3) is 0 Å². The van der Waals surface area contributed by atoms with E-state index in [4.69, 9.17) is 5.73 Å². The second kappa shape index (κ2) is 6.15. The third-order valence-electron chi connectivity index (χ3n) is 3.94. The summed E-state index contributed by atoms with van der Waals surface area (Å²) in [6.07, 6.45) is 6.43. The SMILES string of the molecule is CN(CC1(CN)CC1)C(=O)CCCc1ccccn1. The Hall–Kier alpha value is -1.42. The van der Waals surface area contributed by atoms with Crippen LogP contribution in [0, 0.1) is 5.41 Å². The third kappa shape index (κ3) is 4.03. The third-order valence-corrected chi connectivity index (χ3v) is 3.94. The highest BCUT2D eigenvalue weighted by Gasteiger charge is 2.42. The van der Waals surface area contributed by atoms with Crippen LogP contribution < -0.4 is 5.73 Å². The Bertz CT molecular complexity index is 415. The molecule has 1 fully saturated rings. The number of carbonyl (C=O) groups excluding carboxylic acids is 1. The average Bonchev–Trinajstić information content (AvgIpc) is 3.20. The monoisotopic (exact) mass is 261 g/mol. The van der Waals surface area contributed by atoms with Crippen molar-refractivity contribution in [3.8, 4) is 0 Å². The van der Waals surface area contributed by atoms with Gasteiger partial charge in [-0.25, -0.2) is 0 Å². The van der Waals surface area contributed by atoms with Crippen molar-refractivity contribution in [2.75, 3.05) is 20.1 Å². The number of amides is 1. The largest absolute Gasteiger partial charge is 0.345 e. The fraction of sp³-hybridized carbons (Fsp3) is 0.600. The van der Waals surface area contributed by atoms with E-state index < -0.39 is 0 Å². The Balaban J connectivity index is 1.69. The summed E-state index contributed by atoms with van der Waals surface area (Å²) in [6.45, 7) is 1.50. The van der Waals surface area contributed by atoms with Gasteiger partial charge < -0.3 is 10.6 Å². The number of hydrogen-bond donors (Lipinski definition) is 1. The van der Waals surface area contributed by atoms with Crippen LogP contribution in [0.2, 0.25) is 0 Å². The van der Waals surface area contributed by atoms with Crippen LogP contribution >= 0.6 is 0 Å². The molecular weight excluding hydrogens is 238 g/mol. The zero-order chi connectivity index (χ0) is 13.7. The van der Waals surface area contributed by atoms with Crippen molar-refractivity contribution in [2.45, 2.75) is 32.1 Å². The zero-order valence-electron chi connectivity index (χ0n) is 11.6. The summed E-state index contributed by atoms with van der Waals surface area (Å²) in [7, 11) is 1.89. The number of aryl methyl sites for hydroxylation is 1. The molecule has 1 aromatic heterocycles. The molecule has 1 amide bonds. The van der Waals surface area contributed by atoms with E-state index in [9.17, 15) is 4.79 Å². The van der Waals surface area contributed by atoms with Gasteiger partial charge in [-0.15, -0.1) is 0 Å². The number of rotatable bonds is 7. The highest BCUT2D eigenvalue weighted by Crippen LogP contribution is 2.44. The van der Waals surface area contributed by atoms with Gasteiger partial charge in [0.15, 0.2) is 0 Å². The van der Waals surface area contributed by atoms with E-state index in [1.807, 2.05) is 30.1 Å². The van der Waals surface area contributed by atoms with Crippen molar-refractivity contribution in [1.82, 2.24) is 9.88 Å². The molecule has 2 rings (SSSR count). The molecule has 2 N–H and O–H groups in total. The molecule has 0 unspecified atom stereocenters. The molecule has 0 bridgehead atoms. The van der Waals surface area contributed by atoms with E-state index >= 15 is 0 Å². The first kappa shape index (κ1) is 14.0. The highest BCUT2D eigenvalue weighted by atomic mass is 16.2. The summed E-state index contributed by atoms with van der Waals surface area (Å²) in [5.74, 6) is 0.218. The predicted octanol–water partition coefficient (Wildman–Crippen LogP) is 1.60. The standard InChI is InChI=1S/C15H23N3O/c1-18(12-15(11-16)8-9-15)14(19)7-4-6-13-5-2-3-10-17-13/h2-3,5,10H,4,6-9,11-12,16H2,1H3. The molecule has 0 aromatic carbocycles. The van der Waals surface area contributed by atoms with Gasteiger partial charge in [-0.2, -0.15) is 0 Å². The summed E-state index contributed by atoms with van der Waals surface area (Å²) < 4.78 is 0. The lowest BCUT2D eigenvalue weighted by Crippen LogP contribution is -2.35. The van der Waals surface area contributed by atoms with Crippen molar-refractivity contribution in [1.29, 1.82) is 0 Å².